The van der Waals surface area contributed by atoms with Gasteiger partial charge in [-0.05, 0) is 13.8 Å². The Labute approximate surface area is 131 Å². The molecule has 2 rings (SSSR count). The standard InChI is InChI=1S/C15H28O7/c1-8-14(16)10(17-3)6-13(20-8)22-15-9(2)21-12(19-5)7-11(15)18-4/h8-16H,6-7H2,1-5H3/t8-,9-,10-,11-,12+,13-,14-,15-/m0/s1. The van der Waals surface area contributed by atoms with Gasteiger partial charge < -0.3 is 33.5 Å². The van der Waals surface area contributed by atoms with Crippen molar-refractivity contribution in [3.8, 4) is 0 Å². The third-order valence-electron chi connectivity index (χ3n) is 4.45. The van der Waals surface area contributed by atoms with E-state index in [1.54, 1.807) is 21.3 Å². The SMILES string of the molecule is CO[C@H]1C[C@H](OC)[C@@H](O[C@H]2C[C@H](OC)[C@@H](O)[C@H](C)O2)[C@H](C)O1. The van der Waals surface area contributed by atoms with Crippen LogP contribution in [0.15, 0.2) is 0 Å². The second kappa shape index (κ2) is 8.01. The summed E-state index contributed by atoms with van der Waals surface area (Å²) in [6.45, 7) is 3.73. The maximum absolute atomic E-state index is 10.0. The van der Waals surface area contributed by atoms with Crippen LogP contribution in [0.3, 0.4) is 0 Å². The van der Waals surface area contributed by atoms with Crippen molar-refractivity contribution < 1.29 is 33.5 Å². The lowest BCUT2D eigenvalue weighted by Crippen LogP contribution is -2.54. The van der Waals surface area contributed by atoms with Gasteiger partial charge in [-0.2, -0.15) is 0 Å². The van der Waals surface area contributed by atoms with E-state index < -0.39 is 12.4 Å². The Morgan fingerprint density at radius 3 is 2.00 bits per heavy atom. The van der Waals surface area contributed by atoms with Gasteiger partial charge in [0.1, 0.15) is 12.2 Å². The fourth-order valence-corrected chi connectivity index (χ4v) is 3.08. The molecule has 0 bridgehead atoms. The van der Waals surface area contributed by atoms with E-state index in [1.807, 2.05) is 13.8 Å². The third-order valence-corrected chi connectivity index (χ3v) is 4.45. The minimum atomic E-state index is -0.652. The fourth-order valence-electron chi connectivity index (χ4n) is 3.08. The third kappa shape index (κ3) is 3.97. The molecule has 2 fully saturated rings. The summed E-state index contributed by atoms with van der Waals surface area (Å²) in [6.07, 6.45) is -1.58. The number of methoxy groups -OCH3 is 3. The minimum absolute atomic E-state index is 0.138. The molecular weight excluding hydrogens is 292 g/mol. The Morgan fingerprint density at radius 2 is 1.41 bits per heavy atom. The van der Waals surface area contributed by atoms with E-state index in [9.17, 15) is 5.11 Å². The van der Waals surface area contributed by atoms with Gasteiger partial charge >= 0.3 is 0 Å². The summed E-state index contributed by atoms with van der Waals surface area (Å²) in [5, 5.41) is 10.0. The summed E-state index contributed by atoms with van der Waals surface area (Å²) in [6, 6.07) is 0. The molecule has 0 aromatic rings. The lowest BCUT2D eigenvalue weighted by Gasteiger charge is -2.43. The predicted molar refractivity (Wildman–Crippen MR) is 77.4 cm³/mol. The lowest BCUT2D eigenvalue weighted by molar-refractivity contribution is -0.312. The first kappa shape index (κ1) is 18.1. The van der Waals surface area contributed by atoms with E-state index in [2.05, 4.69) is 0 Å². The van der Waals surface area contributed by atoms with Crippen molar-refractivity contribution in [2.45, 2.75) is 75.9 Å². The van der Waals surface area contributed by atoms with Crippen LogP contribution in [0.5, 0.6) is 0 Å². The Bertz CT molecular complexity index is 340. The first-order chi connectivity index (χ1) is 10.5. The molecule has 8 atom stereocenters. The van der Waals surface area contributed by atoms with Crippen LogP contribution >= 0.6 is 0 Å². The van der Waals surface area contributed by atoms with Crippen molar-refractivity contribution in [1.29, 1.82) is 0 Å². The average molecular weight is 320 g/mol. The van der Waals surface area contributed by atoms with Gasteiger partial charge in [0.05, 0.1) is 24.4 Å². The summed E-state index contributed by atoms with van der Waals surface area (Å²) in [4.78, 5) is 0. The van der Waals surface area contributed by atoms with Gasteiger partial charge in [-0.15, -0.1) is 0 Å². The molecule has 0 amide bonds. The molecule has 2 saturated heterocycles. The number of ether oxygens (including phenoxy) is 6. The number of aliphatic hydroxyl groups excluding tert-OH is 1. The Hall–Kier alpha value is -0.280. The molecule has 0 unspecified atom stereocenters. The van der Waals surface area contributed by atoms with Crippen LogP contribution in [0.25, 0.3) is 0 Å². The summed E-state index contributed by atoms with van der Waals surface area (Å²) in [5.41, 5.74) is 0. The molecule has 0 radical (unpaired) electrons. The van der Waals surface area contributed by atoms with Crippen molar-refractivity contribution in [3.05, 3.63) is 0 Å². The molecule has 0 aromatic heterocycles. The molecule has 0 aromatic carbocycles. The molecule has 2 aliphatic rings. The van der Waals surface area contributed by atoms with E-state index in [0.717, 1.165) is 0 Å². The second-order valence-corrected chi connectivity index (χ2v) is 5.89. The van der Waals surface area contributed by atoms with Crippen molar-refractivity contribution in [2.24, 2.45) is 0 Å². The molecule has 22 heavy (non-hydrogen) atoms. The van der Waals surface area contributed by atoms with Crippen LogP contribution in [0.2, 0.25) is 0 Å². The van der Waals surface area contributed by atoms with Crippen molar-refractivity contribution >= 4 is 0 Å². The van der Waals surface area contributed by atoms with Gasteiger partial charge in [-0.3, -0.25) is 0 Å². The smallest absolute Gasteiger partial charge is 0.161 e. The van der Waals surface area contributed by atoms with E-state index in [0.29, 0.717) is 12.8 Å². The normalized spacial score (nSPS) is 46.6. The zero-order valence-corrected chi connectivity index (χ0v) is 13.9. The molecule has 1 N–H and O–H groups in total. The maximum Gasteiger partial charge on any atom is 0.161 e. The number of aliphatic hydroxyl groups is 1. The van der Waals surface area contributed by atoms with Gasteiger partial charge in [0.25, 0.3) is 0 Å². The monoisotopic (exact) mass is 320 g/mol. The summed E-state index contributed by atoms with van der Waals surface area (Å²) in [5.74, 6) is 0. The number of rotatable bonds is 5. The van der Waals surface area contributed by atoms with E-state index in [-0.39, 0.29) is 36.8 Å². The van der Waals surface area contributed by atoms with E-state index >= 15 is 0 Å². The Balaban J connectivity index is 1.99. The van der Waals surface area contributed by atoms with Gasteiger partial charge in [0.15, 0.2) is 12.6 Å². The molecule has 2 heterocycles. The number of hydrogen-bond donors (Lipinski definition) is 1. The Kier molecular flexibility index (Phi) is 6.58. The summed E-state index contributed by atoms with van der Waals surface area (Å²) >= 11 is 0. The molecule has 0 aliphatic carbocycles. The minimum Gasteiger partial charge on any atom is -0.388 e. The highest BCUT2D eigenvalue weighted by Gasteiger charge is 2.42. The topological polar surface area (TPSA) is 75.6 Å². The van der Waals surface area contributed by atoms with Crippen molar-refractivity contribution in [3.63, 3.8) is 0 Å². The molecule has 0 saturated carbocycles. The van der Waals surface area contributed by atoms with Gasteiger partial charge in [-0.1, -0.05) is 0 Å². The largest absolute Gasteiger partial charge is 0.388 e. The zero-order valence-electron chi connectivity index (χ0n) is 13.9. The zero-order chi connectivity index (χ0) is 16.3. The maximum atomic E-state index is 10.0. The summed E-state index contributed by atoms with van der Waals surface area (Å²) < 4.78 is 33.7. The molecule has 7 nitrogen and oxygen atoms in total. The van der Waals surface area contributed by atoms with E-state index in [1.165, 1.54) is 0 Å². The van der Waals surface area contributed by atoms with Crippen LogP contribution in [-0.4, -0.2) is 75.6 Å². The molecule has 130 valence electrons. The highest BCUT2D eigenvalue weighted by Crippen LogP contribution is 2.30. The number of hydrogen-bond acceptors (Lipinski definition) is 7. The van der Waals surface area contributed by atoms with Crippen LogP contribution in [0, 0.1) is 0 Å². The average Bonchev–Trinajstić information content (AvgIpc) is 2.52. The highest BCUT2D eigenvalue weighted by atomic mass is 16.7. The first-order valence-electron chi connectivity index (χ1n) is 7.73. The van der Waals surface area contributed by atoms with Crippen LogP contribution < -0.4 is 0 Å². The molecule has 7 heteroatoms. The van der Waals surface area contributed by atoms with Crippen molar-refractivity contribution in [2.75, 3.05) is 21.3 Å². The fraction of sp³-hybridized carbons (Fsp3) is 1.00. The van der Waals surface area contributed by atoms with Gasteiger partial charge in [-0.25, -0.2) is 0 Å². The summed E-state index contributed by atoms with van der Waals surface area (Å²) in [7, 11) is 4.84. The lowest BCUT2D eigenvalue weighted by atomic mass is 10.00. The van der Waals surface area contributed by atoms with Crippen LogP contribution in [-0.2, 0) is 28.4 Å². The van der Waals surface area contributed by atoms with Crippen LogP contribution in [0.4, 0.5) is 0 Å². The van der Waals surface area contributed by atoms with Gasteiger partial charge in [0.2, 0.25) is 0 Å². The van der Waals surface area contributed by atoms with Gasteiger partial charge in [0, 0.05) is 34.2 Å². The quantitative estimate of drug-likeness (QED) is 0.798. The second-order valence-electron chi connectivity index (χ2n) is 5.89. The molecular formula is C15H28O7. The molecule has 2 aliphatic heterocycles. The highest BCUT2D eigenvalue weighted by molar-refractivity contribution is 4.86. The van der Waals surface area contributed by atoms with Crippen LogP contribution in [0.1, 0.15) is 26.7 Å². The predicted octanol–water partition coefficient (Wildman–Crippen LogP) is 0.679. The van der Waals surface area contributed by atoms with Crippen molar-refractivity contribution in [1.82, 2.24) is 0 Å². The molecule has 0 spiro atoms. The first-order valence-corrected chi connectivity index (χ1v) is 7.73. The van der Waals surface area contributed by atoms with E-state index in [4.69, 9.17) is 28.4 Å². The Morgan fingerprint density at radius 1 is 0.818 bits per heavy atom.